The average molecular weight is 397 g/mol. The van der Waals surface area contributed by atoms with Crippen molar-refractivity contribution in [3.8, 4) is 17.2 Å². The van der Waals surface area contributed by atoms with E-state index in [-0.39, 0.29) is 22.8 Å². The van der Waals surface area contributed by atoms with Gasteiger partial charge in [-0.2, -0.15) is 0 Å². The number of hydrogen-bond donors (Lipinski definition) is 2. The molecule has 0 heterocycles. The van der Waals surface area contributed by atoms with Crippen molar-refractivity contribution < 1.29 is 19.7 Å². The maximum absolute atomic E-state index is 12.6. The van der Waals surface area contributed by atoms with E-state index in [0.717, 1.165) is 12.8 Å². The Hall–Kier alpha value is -2.75. The van der Waals surface area contributed by atoms with Crippen LogP contribution in [0.15, 0.2) is 48.5 Å². The van der Waals surface area contributed by atoms with Gasteiger partial charge in [-0.25, -0.2) is 0 Å². The van der Waals surface area contributed by atoms with Crippen molar-refractivity contribution in [3.05, 3.63) is 59.7 Å². The lowest BCUT2D eigenvalue weighted by molar-refractivity contribution is 0.104. The van der Waals surface area contributed by atoms with E-state index < -0.39 is 0 Å². The van der Waals surface area contributed by atoms with Crippen LogP contribution in [0.25, 0.3) is 6.08 Å². The molecule has 29 heavy (non-hydrogen) atoms. The van der Waals surface area contributed by atoms with Crippen LogP contribution in [0.5, 0.6) is 17.2 Å². The minimum Gasteiger partial charge on any atom is -0.508 e. The molecule has 0 radical (unpaired) electrons. The molecule has 2 N–H and O–H groups in total. The van der Waals surface area contributed by atoms with E-state index in [9.17, 15) is 15.0 Å². The second-order valence-corrected chi connectivity index (χ2v) is 7.27. The summed E-state index contributed by atoms with van der Waals surface area (Å²) in [6.07, 6.45) is 12.7. The van der Waals surface area contributed by atoms with E-state index in [2.05, 4.69) is 6.92 Å². The molecule has 0 aliphatic heterocycles. The van der Waals surface area contributed by atoms with Gasteiger partial charge in [0.05, 0.1) is 6.61 Å². The minimum absolute atomic E-state index is 0.0935. The number of phenolic OH excluding ortho intramolecular Hbond substituents is 2. The first-order valence-corrected chi connectivity index (χ1v) is 10.6. The van der Waals surface area contributed by atoms with E-state index >= 15 is 0 Å². The summed E-state index contributed by atoms with van der Waals surface area (Å²) >= 11 is 0. The molecule has 0 atom stereocenters. The molecular weight excluding hydrogens is 364 g/mol. The number of ketones is 1. The molecule has 4 nitrogen and oxygen atoms in total. The van der Waals surface area contributed by atoms with Crippen LogP contribution in [0.3, 0.4) is 0 Å². The van der Waals surface area contributed by atoms with Crippen LogP contribution in [0.4, 0.5) is 0 Å². The highest BCUT2D eigenvalue weighted by Gasteiger charge is 2.15. The highest BCUT2D eigenvalue weighted by molar-refractivity contribution is 6.10. The monoisotopic (exact) mass is 396 g/mol. The number of aromatic hydroxyl groups is 2. The average Bonchev–Trinajstić information content (AvgIpc) is 2.71. The third-order valence-corrected chi connectivity index (χ3v) is 4.80. The topological polar surface area (TPSA) is 66.8 Å². The maximum atomic E-state index is 12.6. The van der Waals surface area contributed by atoms with E-state index in [1.165, 1.54) is 50.7 Å². The van der Waals surface area contributed by atoms with Gasteiger partial charge in [0.2, 0.25) is 0 Å². The fourth-order valence-corrected chi connectivity index (χ4v) is 3.19. The molecule has 0 amide bonds. The van der Waals surface area contributed by atoms with E-state index in [1.807, 2.05) is 0 Å². The number of hydrogen-bond acceptors (Lipinski definition) is 4. The van der Waals surface area contributed by atoms with E-state index in [4.69, 9.17) is 4.74 Å². The zero-order valence-electron chi connectivity index (χ0n) is 17.3. The Morgan fingerprint density at radius 1 is 0.931 bits per heavy atom. The van der Waals surface area contributed by atoms with E-state index in [0.29, 0.717) is 17.9 Å². The first-order chi connectivity index (χ1) is 14.1. The molecule has 2 rings (SSSR count). The van der Waals surface area contributed by atoms with Gasteiger partial charge in [-0.05, 0) is 42.3 Å². The molecule has 0 unspecified atom stereocenters. The quantitative estimate of drug-likeness (QED) is 0.230. The highest BCUT2D eigenvalue weighted by atomic mass is 16.5. The molecule has 0 saturated carbocycles. The number of ether oxygens (including phenoxy) is 1. The number of allylic oxidation sites excluding steroid dienone is 1. The first kappa shape index (κ1) is 22.5. The lowest BCUT2D eigenvalue weighted by Crippen LogP contribution is -2.04. The molecule has 0 fully saturated rings. The van der Waals surface area contributed by atoms with Gasteiger partial charge < -0.3 is 14.9 Å². The summed E-state index contributed by atoms with van der Waals surface area (Å²) in [5, 5.41) is 19.7. The molecule has 0 aliphatic carbocycles. The molecule has 0 bridgehead atoms. The Morgan fingerprint density at radius 2 is 1.62 bits per heavy atom. The zero-order valence-corrected chi connectivity index (χ0v) is 17.3. The van der Waals surface area contributed by atoms with Crippen molar-refractivity contribution in [2.24, 2.45) is 0 Å². The predicted molar refractivity (Wildman–Crippen MR) is 118 cm³/mol. The number of unbranched alkanes of at least 4 members (excludes halogenated alkanes) is 7. The van der Waals surface area contributed by atoms with Crippen LogP contribution in [0.1, 0.15) is 74.2 Å². The van der Waals surface area contributed by atoms with Crippen molar-refractivity contribution in [2.45, 2.75) is 58.3 Å². The third-order valence-electron chi connectivity index (χ3n) is 4.80. The molecule has 0 aliphatic rings. The van der Waals surface area contributed by atoms with Crippen LogP contribution in [-0.4, -0.2) is 22.6 Å². The van der Waals surface area contributed by atoms with Crippen molar-refractivity contribution in [2.75, 3.05) is 6.61 Å². The summed E-state index contributed by atoms with van der Waals surface area (Å²) in [4.78, 5) is 12.6. The fourth-order valence-electron chi connectivity index (χ4n) is 3.19. The molecule has 4 heteroatoms. The number of carbonyl (C=O) groups is 1. The number of phenols is 2. The summed E-state index contributed by atoms with van der Waals surface area (Å²) in [6.45, 7) is 2.75. The van der Waals surface area contributed by atoms with Crippen LogP contribution >= 0.6 is 0 Å². The van der Waals surface area contributed by atoms with Crippen molar-refractivity contribution in [1.29, 1.82) is 0 Å². The van der Waals surface area contributed by atoms with Gasteiger partial charge in [-0.3, -0.25) is 4.79 Å². The van der Waals surface area contributed by atoms with E-state index in [1.54, 1.807) is 42.5 Å². The van der Waals surface area contributed by atoms with Gasteiger partial charge in [0, 0.05) is 0 Å². The van der Waals surface area contributed by atoms with Crippen molar-refractivity contribution >= 4 is 11.9 Å². The third kappa shape index (κ3) is 8.02. The second-order valence-electron chi connectivity index (χ2n) is 7.27. The predicted octanol–water partition coefficient (Wildman–Crippen LogP) is 6.51. The van der Waals surface area contributed by atoms with Crippen LogP contribution in [0, 0.1) is 0 Å². The Labute approximate surface area is 173 Å². The summed E-state index contributed by atoms with van der Waals surface area (Å²) < 4.78 is 5.80. The van der Waals surface area contributed by atoms with Gasteiger partial charge >= 0.3 is 0 Å². The Balaban J connectivity index is 1.87. The lowest BCUT2D eigenvalue weighted by Gasteiger charge is -2.11. The van der Waals surface area contributed by atoms with Gasteiger partial charge in [-0.15, -0.1) is 0 Å². The van der Waals surface area contributed by atoms with Gasteiger partial charge in [0.25, 0.3) is 0 Å². The summed E-state index contributed by atoms with van der Waals surface area (Å²) in [5.74, 6) is 0.108. The molecule has 0 spiro atoms. The van der Waals surface area contributed by atoms with Crippen molar-refractivity contribution in [3.63, 3.8) is 0 Å². The fraction of sp³-hybridized carbons (Fsp3) is 0.400. The molecule has 2 aromatic carbocycles. The van der Waals surface area contributed by atoms with Gasteiger partial charge in [0.15, 0.2) is 5.78 Å². The minimum atomic E-state index is -0.336. The standard InChI is InChI=1S/C25H32O4/c1-2-3-4-5-6-7-8-9-18-29-24-15-11-14-22(27)25(24)23(28)17-16-20-12-10-13-21(26)19-20/h10-17,19,26-27H,2-9,18H2,1H3/b17-16+. The summed E-state index contributed by atoms with van der Waals surface area (Å²) in [5.41, 5.74) is 0.874. The largest absolute Gasteiger partial charge is 0.508 e. The molecule has 2 aromatic rings. The lowest BCUT2D eigenvalue weighted by atomic mass is 10.1. The number of carbonyl (C=O) groups excluding carboxylic acids is 1. The molecular formula is C25H32O4. The SMILES string of the molecule is CCCCCCCCCCOc1cccc(O)c1C(=O)/C=C/c1cccc(O)c1. The Kier molecular flexibility index (Phi) is 9.84. The smallest absolute Gasteiger partial charge is 0.193 e. The number of rotatable bonds is 13. The van der Waals surface area contributed by atoms with Crippen LogP contribution < -0.4 is 4.74 Å². The molecule has 0 saturated heterocycles. The van der Waals surface area contributed by atoms with Gasteiger partial charge in [-0.1, -0.05) is 76.1 Å². The second kappa shape index (κ2) is 12.7. The maximum Gasteiger partial charge on any atom is 0.193 e. The zero-order chi connectivity index (χ0) is 20.9. The van der Waals surface area contributed by atoms with Crippen molar-refractivity contribution in [1.82, 2.24) is 0 Å². The molecule has 156 valence electrons. The summed E-state index contributed by atoms with van der Waals surface area (Å²) in [6, 6.07) is 11.5. The van der Waals surface area contributed by atoms with Crippen LogP contribution in [0.2, 0.25) is 0 Å². The Bertz CT molecular complexity index is 795. The van der Waals surface area contributed by atoms with Crippen LogP contribution in [-0.2, 0) is 0 Å². The normalized spacial score (nSPS) is 11.1. The molecule has 0 aromatic heterocycles. The highest BCUT2D eigenvalue weighted by Crippen LogP contribution is 2.29. The number of benzene rings is 2. The van der Waals surface area contributed by atoms with Gasteiger partial charge in [0.1, 0.15) is 22.8 Å². The first-order valence-electron chi connectivity index (χ1n) is 10.6. The Morgan fingerprint density at radius 3 is 2.34 bits per heavy atom. The summed E-state index contributed by atoms with van der Waals surface area (Å²) in [7, 11) is 0.